The van der Waals surface area contributed by atoms with E-state index >= 15 is 0 Å². The number of rotatable bonds is 3. The van der Waals surface area contributed by atoms with Crippen molar-refractivity contribution in [3.8, 4) is 5.75 Å². The second-order valence-electron chi connectivity index (χ2n) is 4.08. The standard InChI is InChI=1S/C14H10Cl2F2O2/c1-20-13-3-2-7(15)4-9(13)14(19)8-5-12(18)10(16)6-11(8)17/h2-6,14,19H,1H3. The zero-order chi connectivity index (χ0) is 14.9. The molecule has 1 unspecified atom stereocenters. The summed E-state index contributed by atoms with van der Waals surface area (Å²) in [4.78, 5) is 0. The molecule has 6 heteroatoms. The fourth-order valence-electron chi connectivity index (χ4n) is 1.83. The number of hydrogen-bond donors (Lipinski definition) is 1. The van der Waals surface area contributed by atoms with E-state index in [-0.39, 0.29) is 16.1 Å². The van der Waals surface area contributed by atoms with Gasteiger partial charge < -0.3 is 9.84 Å². The van der Waals surface area contributed by atoms with E-state index in [1.807, 2.05) is 0 Å². The van der Waals surface area contributed by atoms with Gasteiger partial charge in [0.15, 0.2) is 0 Å². The van der Waals surface area contributed by atoms with Crippen molar-refractivity contribution in [3.63, 3.8) is 0 Å². The Hall–Kier alpha value is -1.36. The molecule has 20 heavy (non-hydrogen) atoms. The third-order valence-corrected chi connectivity index (χ3v) is 3.35. The molecule has 0 radical (unpaired) electrons. The Morgan fingerprint density at radius 3 is 2.40 bits per heavy atom. The van der Waals surface area contributed by atoms with E-state index in [0.29, 0.717) is 10.8 Å². The highest BCUT2D eigenvalue weighted by molar-refractivity contribution is 6.31. The quantitative estimate of drug-likeness (QED) is 0.852. The molecule has 1 N–H and O–H groups in total. The van der Waals surface area contributed by atoms with Crippen LogP contribution in [0.2, 0.25) is 10.0 Å². The zero-order valence-corrected chi connectivity index (χ0v) is 11.8. The van der Waals surface area contributed by atoms with Crippen molar-refractivity contribution in [2.24, 2.45) is 0 Å². The van der Waals surface area contributed by atoms with Gasteiger partial charge in [-0.1, -0.05) is 23.2 Å². The average Bonchev–Trinajstić information content (AvgIpc) is 2.42. The maximum atomic E-state index is 13.8. The molecule has 2 nitrogen and oxygen atoms in total. The molecular formula is C14H10Cl2F2O2. The molecule has 0 heterocycles. The number of hydrogen-bond acceptors (Lipinski definition) is 2. The second-order valence-corrected chi connectivity index (χ2v) is 4.92. The van der Waals surface area contributed by atoms with E-state index in [1.165, 1.54) is 19.2 Å². The molecule has 0 bridgehead atoms. The first-order valence-corrected chi connectivity index (χ1v) is 6.35. The molecule has 0 aliphatic heterocycles. The van der Waals surface area contributed by atoms with Crippen molar-refractivity contribution in [1.29, 1.82) is 0 Å². The van der Waals surface area contributed by atoms with E-state index < -0.39 is 17.7 Å². The average molecular weight is 319 g/mol. The molecule has 106 valence electrons. The van der Waals surface area contributed by atoms with Gasteiger partial charge in [0.1, 0.15) is 23.5 Å². The minimum atomic E-state index is -1.42. The largest absolute Gasteiger partial charge is 0.496 e. The Kier molecular flexibility index (Phi) is 4.48. The third-order valence-electron chi connectivity index (χ3n) is 2.82. The summed E-state index contributed by atoms with van der Waals surface area (Å²) in [7, 11) is 1.40. The predicted octanol–water partition coefficient (Wildman–Crippen LogP) is 4.36. The monoisotopic (exact) mass is 318 g/mol. The van der Waals surface area contributed by atoms with E-state index in [2.05, 4.69) is 0 Å². The molecule has 0 aromatic heterocycles. The van der Waals surface area contributed by atoms with Crippen LogP contribution in [0.5, 0.6) is 5.75 Å². The van der Waals surface area contributed by atoms with E-state index in [0.717, 1.165) is 12.1 Å². The second kappa shape index (κ2) is 5.95. The molecule has 2 aromatic rings. The highest BCUT2D eigenvalue weighted by Gasteiger charge is 2.21. The summed E-state index contributed by atoms with van der Waals surface area (Å²) in [6, 6.07) is 6.19. The Balaban J connectivity index is 2.54. The molecule has 2 rings (SSSR count). The highest BCUT2D eigenvalue weighted by atomic mass is 35.5. The van der Waals surface area contributed by atoms with Crippen LogP contribution in [-0.2, 0) is 0 Å². The van der Waals surface area contributed by atoms with Crippen molar-refractivity contribution in [1.82, 2.24) is 0 Å². The minimum Gasteiger partial charge on any atom is -0.496 e. The Morgan fingerprint density at radius 2 is 1.75 bits per heavy atom. The highest BCUT2D eigenvalue weighted by Crippen LogP contribution is 2.34. The van der Waals surface area contributed by atoms with Gasteiger partial charge in [0.25, 0.3) is 0 Å². The van der Waals surface area contributed by atoms with Crippen LogP contribution in [0.1, 0.15) is 17.2 Å². The molecule has 0 saturated carbocycles. The number of ether oxygens (including phenoxy) is 1. The van der Waals surface area contributed by atoms with Crippen molar-refractivity contribution in [2.45, 2.75) is 6.10 Å². The molecule has 0 spiro atoms. The van der Waals surface area contributed by atoms with Gasteiger partial charge in [0, 0.05) is 16.1 Å². The lowest BCUT2D eigenvalue weighted by Crippen LogP contribution is -2.05. The molecule has 0 fully saturated rings. The molecule has 0 saturated heterocycles. The first-order valence-electron chi connectivity index (χ1n) is 5.60. The smallest absolute Gasteiger partial charge is 0.142 e. The molecule has 2 aromatic carbocycles. The van der Waals surface area contributed by atoms with Crippen LogP contribution < -0.4 is 4.74 Å². The van der Waals surface area contributed by atoms with Gasteiger partial charge in [-0.25, -0.2) is 8.78 Å². The lowest BCUT2D eigenvalue weighted by Gasteiger charge is -2.16. The summed E-state index contributed by atoms with van der Waals surface area (Å²) in [5.41, 5.74) is -0.00640. The zero-order valence-electron chi connectivity index (χ0n) is 10.3. The van der Waals surface area contributed by atoms with Gasteiger partial charge in [-0.2, -0.15) is 0 Å². The number of halogens is 4. The van der Waals surface area contributed by atoms with Crippen LogP contribution in [0, 0.1) is 11.6 Å². The summed E-state index contributed by atoms with van der Waals surface area (Å²) in [6.45, 7) is 0. The number of benzene rings is 2. The van der Waals surface area contributed by atoms with E-state index in [1.54, 1.807) is 6.07 Å². The molecule has 0 aliphatic carbocycles. The number of methoxy groups -OCH3 is 1. The van der Waals surface area contributed by atoms with Crippen molar-refractivity contribution in [2.75, 3.05) is 7.11 Å². The topological polar surface area (TPSA) is 29.5 Å². The first-order chi connectivity index (χ1) is 9.43. The van der Waals surface area contributed by atoms with Crippen molar-refractivity contribution in [3.05, 3.63) is 63.1 Å². The Bertz CT molecular complexity index is 647. The van der Waals surface area contributed by atoms with Crippen molar-refractivity contribution < 1.29 is 18.6 Å². The lowest BCUT2D eigenvalue weighted by atomic mass is 10.00. The van der Waals surface area contributed by atoms with Crippen LogP contribution >= 0.6 is 23.2 Å². The fourth-order valence-corrected chi connectivity index (χ4v) is 2.16. The van der Waals surface area contributed by atoms with Gasteiger partial charge in [0.2, 0.25) is 0 Å². The Morgan fingerprint density at radius 1 is 1.05 bits per heavy atom. The maximum absolute atomic E-state index is 13.8. The van der Waals surface area contributed by atoms with Gasteiger partial charge >= 0.3 is 0 Å². The fraction of sp³-hybridized carbons (Fsp3) is 0.143. The Labute approximate surface area is 124 Å². The predicted molar refractivity (Wildman–Crippen MR) is 73.4 cm³/mol. The summed E-state index contributed by atoms with van der Waals surface area (Å²) in [5.74, 6) is -1.31. The SMILES string of the molecule is COc1ccc(Cl)cc1C(O)c1cc(F)c(Cl)cc1F. The van der Waals surface area contributed by atoms with Gasteiger partial charge in [-0.3, -0.25) is 0 Å². The van der Waals surface area contributed by atoms with Crippen molar-refractivity contribution >= 4 is 23.2 Å². The maximum Gasteiger partial charge on any atom is 0.142 e. The van der Waals surface area contributed by atoms with E-state index in [4.69, 9.17) is 27.9 Å². The molecule has 0 aliphatic rings. The molecule has 0 amide bonds. The number of aliphatic hydroxyl groups excluding tert-OH is 1. The molecule has 1 atom stereocenters. The number of aliphatic hydroxyl groups is 1. The summed E-state index contributed by atoms with van der Waals surface area (Å²) in [6.07, 6.45) is -1.42. The van der Waals surface area contributed by atoms with Gasteiger partial charge in [0.05, 0.1) is 12.1 Å². The minimum absolute atomic E-state index is 0.237. The van der Waals surface area contributed by atoms with Gasteiger partial charge in [-0.05, 0) is 30.3 Å². The third kappa shape index (κ3) is 2.87. The summed E-state index contributed by atoms with van der Waals surface area (Å²) < 4.78 is 32.3. The van der Waals surface area contributed by atoms with Gasteiger partial charge in [-0.15, -0.1) is 0 Å². The van der Waals surface area contributed by atoms with Crippen LogP contribution in [0.25, 0.3) is 0 Å². The lowest BCUT2D eigenvalue weighted by molar-refractivity contribution is 0.209. The molecular weight excluding hydrogens is 309 g/mol. The first kappa shape index (κ1) is 15.0. The van der Waals surface area contributed by atoms with Crippen LogP contribution in [0.3, 0.4) is 0 Å². The van der Waals surface area contributed by atoms with E-state index in [9.17, 15) is 13.9 Å². The van der Waals surface area contributed by atoms with Crippen LogP contribution in [-0.4, -0.2) is 12.2 Å². The normalized spacial score (nSPS) is 12.3. The van der Waals surface area contributed by atoms with Crippen LogP contribution in [0.4, 0.5) is 8.78 Å². The summed E-state index contributed by atoms with van der Waals surface area (Å²) >= 11 is 11.3. The van der Waals surface area contributed by atoms with Crippen LogP contribution in [0.15, 0.2) is 30.3 Å². The summed E-state index contributed by atoms with van der Waals surface area (Å²) in [5, 5.41) is 10.2.